The SMILES string of the molecule is C=c1ccc(=C2NN=C(SCCCN3C[C@@H]4CCN(c5ccc(F)cc5)[C@@H]4C3)N2C)cn1. The number of benzene rings is 1. The van der Waals surface area contributed by atoms with E-state index in [9.17, 15) is 4.39 Å². The molecule has 0 saturated carbocycles. The molecule has 32 heavy (non-hydrogen) atoms. The Morgan fingerprint density at radius 1 is 1.19 bits per heavy atom. The number of fused-ring (bicyclic) bond motifs is 1. The number of hydrogen-bond acceptors (Lipinski definition) is 7. The maximum atomic E-state index is 13.3. The van der Waals surface area contributed by atoms with E-state index in [1.807, 2.05) is 37.5 Å². The monoisotopic (exact) mass is 452 g/mol. The summed E-state index contributed by atoms with van der Waals surface area (Å²) < 4.78 is 13.3. The number of likely N-dealkylation sites (tertiary alicyclic amines) is 1. The van der Waals surface area contributed by atoms with E-state index in [1.54, 1.807) is 23.9 Å². The van der Waals surface area contributed by atoms with Crippen molar-refractivity contribution < 1.29 is 4.39 Å². The number of anilines is 1. The molecule has 1 aromatic heterocycles. The molecular weight excluding hydrogens is 423 g/mol. The molecule has 3 aliphatic rings. The van der Waals surface area contributed by atoms with E-state index < -0.39 is 0 Å². The molecule has 168 valence electrons. The van der Waals surface area contributed by atoms with Gasteiger partial charge in [0.1, 0.15) is 11.6 Å². The van der Waals surface area contributed by atoms with Gasteiger partial charge < -0.3 is 14.7 Å². The molecule has 3 aliphatic heterocycles. The first-order valence-electron chi connectivity index (χ1n) is 11.2. The number of aromatic nitrogens is 1. The molecule has 0 bridgehead atoms. The highest BCUT2D eigenvalue weighted by atomic mass is 32.2. The van der Waals surface area contributed by atoms with Gasteiger partial charge in [-0.2, -0.15) is 0 Å². The Bertz CT molecular complexity index is 1080. The van der Waals surface area contributed by atoms with Gasteiger partial charge >= 0.3 is 0 Å². The number of thioether (sulfide) groups is 1. The smallest absolute Gasteiger partial charge is 0.188 e. The van der Waals surface area contributed by atoms with E-state index in [-0.39, 0.29) is 5.82 Å². The van der Waals surface area contributed by atoms with Crippen molar-refractivity contribution in [2.75, 3.05) is 43.9 Å². The second-order valence-electron chi connectivity index (χ2n) is 8.70. The van der Waals surface area contributed by atoms with Crippen LogP contribution in [0.15, 0.2) is 47.7 Å². The number of pyridine rings is 1. The van der Waals surface area contributed by atoms with Gasteiger partial charge in [0.25, 0.3) is 0 Å². The molecule has 0 amide bonds. The Morgan fingerprint density at radius 3 is 2.81 bits per heavy atom. The molecule has 2 atom stereocenters. The average Bonchev–Trinajstić information content (AvgIpc) is 3.47. The van der Waals surface area contributed by atoms with Gasteiger partial charge in [0, 0.05) is 55.6 Å². The molecule has 1 N–H and O–H groups in total. The normalized spacial score (nSPS) is 24.6. The highest BCUT2D eigenvalue weighted by Gasteiger charge is 2.41. The van der Waals surface area contributed by atoms with E-state index in [2.05, 4.69) is 36.8 Å². The van der Waals surface area contributed by atoms with Crippen LogP contribution >= 0.6 is 11.8 Å². The highest BCUT2D eigenvalue weighted by molar-refractivity contribution is 8.13. The van der Waals surface area contributed by atoms with Gasteiger partial charge in [0.15, 0.2) is 5.17 Å². The van der Waals surface area contributed by atoms with Gasteiger partial charge in [-0.05, 0) is 61.7 Å². The summed E-state index contributed by atoms with van der Waals surface area (Å²) in [5, 5.41) is 7.25. The van der Waals surface area contributed by atoms with Gasteiger partial charge in [-0.15, -0.1) is 5.10 Å². The van der Waals surface area contributed by atoms with Crippen molar-refractivity contribution in [3.8, 4) is 0 Å². The van der Waals surface area contributed by atoms with Crippen molar-refractivity contribution in [1.82, 2.24) is 20.2 Å². The van der Waals surface area contributed by atoms with E-state index in [0.29, 0.717) is 6.04 Å². The van der Waals surface area contributed by atoms with E-state index >= 15 is 0 Å². The lowest BCUT2D eigenvalue weighted by Gasteiger charge is -2.27. The van der Waals surface area contributed by atoms with Gasteiger partial charge in [0.2, 0.25) is 0 Å². The van der Waals surface area contributed by atoms with Crippen molar-refractivity contribution in [3.63, 3.8) is 0 Å². The molecule has 6 nitrogen and oxygen atoms in total. The first-order chi connectivity index (χ1) is 15.6. The predicted octanol–water partition coefficient (Wildman–Crippen LogP) is 1.84. The Kier molecular flexibility index (Phi) is 6.06. The number of hydrazone groups is 1. The summed E-state index contributed by atoms with van der Waals surface area (Å²) in [6.45, 7) is 8.29. The van der Waals surface area contributed by atoms with Crippen LogP contribution in [0.1, 0.15) is 12.8 Å². The fraction of sp³-hybridized carbons (Fsp3) is 0.417. The van der Waals surface area contributed by atoms with Crippen LogP contribution in [0.5, 0.6) is 0 Å². The molecule has 0 radical (unpaired) electrons. The number of amidine groups is 1. The third-order valence-electron chi connectivity index (χ3n) is 6.61. The third-order valence-corrected chi connectivity index (χ3v) is 7.73. The van der Waals surface area contributed by atoms with Crippen molar-refractivity contribution in [2.45, 2.75) is 18.9 Å². The first-order valence-corrected chi connectivity index (χ1v) is 12.2. The van der Waals surface area contributed by atoms with Gasteiger partial charge in [0.05, 0.1) is 5.35 Å². The predicted molar refractivity (Wildman–Crippen MR) is 130 cm³/mol. The van der Waals surface area contributed by atoms with E-state index in [4.69, 9.17) is 0 Å². The fourth-order valence-electron chi connectivity index (χ4n) is 4.93. The largest absolute Gasteiger partial charge is 0.367 e. The summed E-state index contributed by atoms with van der Waals surface area (Å²) in [4.78, 5) is 11.4. The van der Waals surface area contributed by atoms with Crippen LogP contribution in [0.2, 0.25) is 0 Å². The topological polar surface area (TPSA) is 47.0 Å². The number of nitrogens with one attached hydrogen (secondary N) is 1. The van der Waals surface area contributed by atoms with Crippen LogP contribution in [0, 0.1) is 11.7 Å². The molecule has 0 aliphatic carbocycles. The second kappa shape index (κ2) is 9.11. The summed E-state index contributed by atoms with van der Waals surface area (Å²) in [5.41, 5.74) is 4.29. The lowest BCUT2D eigenvalue weighted by molar-refractivity contribution is 0.319. The molecule has 8 heteroatoms. The summed E-state index contributed by atoms with van der Waals surface area (Å²) in [7, 11) is 2.03. The van der Waals surface area contributed by atoms with Crippen molar-refractivity contribution in [3.05, 3.63) is 59.0 Å². The minimum Gasteiger partial charge on any atom is -0.367 e. The van der Waals surface area contributed by atoms with Crippen molar-refractivity contribution >= 4 is 35.0 Å². The molecule has 0 spiro atoms. The van der Waals surface area contributed by atoms with Crippen molar-refractivity contribution in [1.29, 1.82) is 0 Å². The van der Waals surface area contributed by atoms with Gasteiger partial charge in [-0.1, -0.05) is 18.3 Å². The lowest BCUT2D eigenvalue weighted by atomic mass is 10.1. The molecule has 2 saturated heterocycles. The maximum absolute atomic E-state index is 13.3. The van der Waals surface area contributed by atoms with Crippen molar-refractivity contribution in [2.24, 2.45) is 11.0 Å². The number of rotatable bonds is 5. The zero-order valence-corrected chi connectivity index (χ0v) is 19.2. The Morgan fingerprint density at radius 2 is 2.03 bits per heavy atom. The quantitative estimate of drug-likeness (QED) is 0.699. The lowest BCUT2D eigenvalue weighted by Crippen LogP contribution is -2.35. The number of hydrogen-bond donors (Lipinski definition) is 1. The average molecular weight is 453 g/mol. The zero-order valence-electron chi connectivity index (χ0n) is 18.4. The molecule has 2 fully saturated rings. The van der Waals surface area contributed by atoms with Crippen LogP contribution in [0.25, 0.3) is 12.4 Å². The third kappa shape index (κ3) is 4.34. The second-order valence-corrected chi connectivity index (χ2v) is 9.76. The molecule has 2 aromatic rings. The zero-order chi connectivity index (χ0) is 22.1. The highest BCUT2D eigenvalue weighted by Crippen LogP contribution is 2.35. The first kappa shape index (κ1) is 21.3. The fourth-order valence-corrected chi connectivity index (χ4v) is 5.79. The summed E-state index contributed by atoms with van der Waals surface area (Å²) in [6, 6.07) is 11.4. The minimum absolute atomic E-state index is 0.166. The molecule has 5 rings (SSSR count). The Labute approximate surface area is 192 Å². The Hall–Kier alpha value is -2.58. The van der Waals surface area contributed by atoms with E-state index in [1.165, 1.54) is 13.0 Å². The number of nitrogens with zero attached hydrogens (tertiary/aromatic N) is 5. The number of halogens is 1. The summed E-state index contributed by atoms with van der Waals surface area (Å²) in [6.07, 6.45) is 4.17. The van der Waals surface area contributed by atoms with Crippen LogP contribution in [-0.4, -0.2) is 65.0 Å². The maximum Gasteiger partial charge on any atom is 0.188 e. The summed E-state index contributed by atoms with van der Waals surface area (Å²) >= 11 is 1.78. The van der Waals surface area contributed by atoms with Crippen LogP contribution in [0.4, 0.5) is 10.1 Å². The van der Waals surface area contributed by atoms with Crippen LogP contribution < -0.4 is 20.9 Å². The molecule has 1 aromatic carbocycles. The van der Waals surface area contributed by atoms with Gasteiger partial charge in [-0.3, -0.25) is 10.4 Å². The molecule has 0 unspecified atom stereocenters. The Balaban J connectivity index is 1.09. The molecular formula is C24H29FN6S. The van der Waals surface area contributed by atoms with Crippen LogP contribution in [0.3, 0.4) is 0 Å². The van der Waals surface area contributed by atoms with Gasteiger partial charge in [-0.25, -0.2) is 4.39 Å². The standard InChI is InChI=1S/C24H29FN6S/c1-17-4-5-18(14-26-17)23-27-28-24(29(23)2)32-13-3-11-30-15-19-10-12-31(22(19)16-30)21-8-6-20(25)7-9-21/h4-9,14,19,22,27H,1,3,10-13,15-16H2,2H3/t19-,22+/m0/s1. The van der Waals surface area contributed by atoms with Crippen LogP contribution in [-0.2, 0) is 0 Å². The minimum atomic E-state index is -0.166. The summed E-state index contributed by atoms with van der Waals surface area (Å²) in [5.74, 6) is 2.54. The van der Waals surface area contributed by atoms with E-state index in [0.717, 1.165) is 65.0 Å². The molecule has 4 heterocycles.